The molecule has 230 valence electrons. The minimum atomic E-state index is -4.85. The molecule has 2 aliphatic heterocycles. The third kappa shape index (κ3) is 7.82. The van der Waals surface area contributed by atoms with E-state index < -0.39 is 23.5 Å². The number of carbonyl (C=O) groups is 2. The molecule has 2 aliphatic rings. The summed E-state index contributed by atoms with van der Waals surface area (Å²) < 4.78 is 46.3. The van der Waals surface area contributed by atoms with E-state index in [-0.39, 0.29) is 30.3 Å². The molecule has 0 bridgehead atoms. The smallest absolute Gasteiger partial charge is 0.417 e. The van der Waals surface area contributed by atoms with Gasteiger partial charge in [-0.3, -0.25) is 4.79 Å². The van der Waals surface area contributed by atoms with Crippen LogP contribution in [0.3, 0.4) is 0 Å². The van der Waals surface area contributed by atoms with Crippen molar-refractivity contribution in [2.75, 3.05) is 41.3 Å². The van der Waals surface area contributed by atoms with Gasteiger partial charge in [0, 0.05) is 48.8 Å². The topological polar surface area (TPSA) is 116 Å². The first-order chi connectivity index (χ1) is 20.6. The lowest BCUT2D eigenvalue weighted by Crippen LogP contribution is -2.48. The lowest BCUT2D eigenvalue weighted by Gasteiger charge is -2.33. The molecule has 5 rings (SSSR count). The lowest BCUT2D eigenvalue weighted by molar-refractivity contribution is -0.141. The summed E-state index contributed by atoms with van der Waals surface area (Å²) in [5.41, 5.74) is -0.383. The fourth-order valence-electron chi connectivity index (χ4n) is 5.04. The monoisotopic (exact) mass is 639 g/mol. The number of halogens is 5. The van der Waals surface area contributed by atoms with Crippen molar-refractivity contribution in [1.82, 2.24) is 20.6 Å². The Morgan fingerprint density at radius 2 is 1.74 bits per heavy atom. The molecule has 0 aliphatic carbocycles. The van der Waals surface area contributed by atoms with E-state index >= 15 is 0 Å². The second-order valence-corrected chi connectivity index (χ2v) is 11.2. The molecule has 3 amide bonds. The number of piperidine rings is 2. The maximum Gasteiger partial charge on any atom is 0.437 e. The summed E-state index contributed by atoms with van der Waals surface area (Å²) in [7, 11) is 0. The zero-order valence-corrected chi connectivity index (χ0v) is 24.5. The van der Waals surface area contributed by atoms with Crippen LogP contribution >= 0.6 is 23.2 Å². The van der Waals surface area contributed by atoms with Gasteiger partial charge in [-0.15, -0.1) is 0 Å². The van der Waals surface area contributed by atoms with Crippen molar-refractivity contribution in [3.8, 4) is 0 Å². The van der Waals surface area contributed by atoms with Gasteiger partial charge in [0.2, 0.25) is 5.76 Å². The van der Waals surface area contributed by atoms with E-state index in [2.05, 4.69) is 25.9 Å². The number of anilines is 3. The first-order valence-electron chi connectivity index (χ1n) is 13.9. The Morgan fingerprint density at radius 3 is 2.40 bits per heavy atom. The molecule has 2 aromatic heterocycles. The maximum absolute atomic E-state index is 13.6. The van der Waals surface area contributed by atoms with Crippen molar-refractivity contribution in [2.24, 2.45) is 0 Å². The zero-order valence-electron chi connectivity index (χ0n) is 23.0. The number of pyridine rings is 1. The summed E-state index contributed by atoms with van der Waals surface area (Å²) in [6, 6.07) is 7.79. The Hall–Kier alpha value is -3.71. The normalized spacial score (nSPS) is 16.2. The second-order valence-electron chi connectivity index (χ2n) is 10.4. The van der Waals surface area contributed by atoms with Crippen LogP contribution in [0.1, 0.15) is 53.9 Å². The number of hydrogen-bond donors (Lipinski definition) is 3. The molecule has 3 N–H and O–H groups in total. The maximum atomic E-state index is 13.6. The standard InChI is InChI=1S/C28H30Cl2F3N7O3/c29-18-5-4-17(21(30)14-18)15-35-26(42)37-19-8-12-39(13-9-19)22-7-6-20(16-34-22)36-25(41)23-24(28(31,32)33)38-27(43-23)40-10-2-1-3-11-40/h4-7,14,16,19H,1-3,8-13,15H2,(H,36,41)(H2,35,37,42). The van der Waals surface area contributed by atoms with Gasteiger partial charge in [-0.2, -0.15) is 18.2 Å². The number of rotatable bonds is 7. The number of nitrogens with zero attached hydrogens (tertiary/aromatic N) is 4. The van der Waals surface area contributed by atoms with E-state index in [0.29, 0.717) is 54.9 Å². The molecular weight excluding hydrogens is 610 g/mol. The van der Waals surface area contributed by atoms with Gasteiger partial charge in [-0.1, -0.05) is 29.3 Å². The molecule has 10 nitrogen and oxygen atoms in total. The Bertz CT molecular complexity index is 1440. The van der Waals surface area contributed by atoms with Crippen molar-refractivity contribution >= 4 is 52.7 Å². The number of alkyl halides is 3. The molecule has 0 spiro atoms. The summed E-state index contributed by atoms with van der Waals surface area (Å²) in [6.07, 6.45) is 0.496. The molecule has 15 heteroatoms. The van der Waals surface area contributed by atoms with E-state index in [0.717, 1.165) is 24.8 Å². The molecule has 1 aromatic carbocycles. The minimum Gasteiger partial charge on any atom is -0.417 e. The van der Waals surface area contributed by atoms with E-state index in [4.69, 9.17) is 27.6 Å². The first-order valence-corrected chi connectivity index (χ1v) is 14.7. The van der Waals surface area contributed by atoms with Gasteiger partial charge in [0.25, 0.3) is 11.9 Å². The fourth-order valence-corrected chi connectivity index (χ4v) is 5.52. The SMILES string of the molecule is O=C(NCc1ccc(Cl)cc1Cl)NC1CCN(c2ccc(NC(=O)c3oc(N4CCCCC4)nc3C(F)(F)F)cn2)CC1. The van der Waals surface area contributed by atoms with Crippen LogP contribution in [-0.2, 0) is 12.7 Å². The highest BCUT2D eigenvalue weighted by Crippen LogP contribution is 2.35. The number of aromatic nitrogens is 2. The van der Waals surface area contributed by atoms with E-state index in [1.807, 2.05) is 4.90 Å². The summed E-state index contributed by atoms with van der Waals surface area (Å²) >= 11 is 12.1. The van der Waals surface area contributed by atoms with E-state index in [9.17, 15) is 22.8 Å². The summed E-state index contributed by atoms with van der Waals surface area (Å²) in [6.45, 7) is 2.55. The van der Waals surface area contributed by atoms with Crippen molar-refractivity contribution < 1.29 is 27.2 Å². The molecular formula is C28H30Cl2F3N7O3. The lowest BCUT2D eigenvalue weighted by atomic mass is 10.1. The number of hydrogen-bond acceptors (Lipinski definition) is 7. The highest BCUT2D eigenvalue weighted by molar-refractivity contribution is 6.35. The average molecular weight is 640 g/mol. The zero-order chi connectivity index (χ0) is 30.6. The third-order valence-electron chi connectivity index (χ3n) is 7.33. The van der Waals surface area contributed by atoms with Crippen LogP contribution in [-0.4, -0.2) is 54.1 Å². The van der Waals surface area contributed by atoms with Gasteiger partial charge in [0.05, 0.1) is 11.9 Å². The summed E-state index contributed by atoms with van der Waals surface area (Å²) in [5.74, 6) is -1.30. The van der Waals surface area contributed by atoms with E-state index in [1.54, 1.807) is 35.2 Å². The Balaban J connectivity index is 1.12. The second kappa shape index (κ2) is 13.3. The molecule has 3 aromatic rings. The molecule has 0 atom stereocenters. The predicted molar refractivity (Wildman–Crippen MR) is 157 cm³/mol. The first kappa shape index (κ1) is 30.7. The van der Waals surface area contributed by atoms with Crippen LogP contribution in [0, 0.1) is 0 Å². The van der Waals surface area contributed by atoms with Gasteiger partial charge >= 0.3 is 12.2 Å². The van der Waals surface area contributed by atoms with Gasteiger partial charge in [-0.05, 0) is 61.9 Å². The van der Waals surface area contributed by atoms with E-state index in [1.165, 1.54) is 6.20 Å². The van der Waals surface area contributed by atoms with Crippen LogP contribution < -0.4 is 25.8 Å². The quantitative estimate of drug-likeness (QED) is 0.286. The van der Waals surface area contributed by atoms with Crippen molar-refractivity contribution in [3.63, 3.8) is 0 Å². The minimum absolute atomic E-state index is 0.0323. The van der Waals surface area contributed by atoms with Gasteiger partial charge in [0.15, 0.2) is 5.69 Å². The Labute approximate surface area is 255 Å². The number of nitrogens with one attached hydrogen (secondary N) is 3. The van der Waals surface area contributed by atoms with Gasteiger partial charge in [-0.25, -0.2) is 9.78 Å². The largest absolute Gasteiger partial charge is 0.437 e. The number of oxazole rings is 1. The number of benzene rings is 1. The number of amides is 3. The van der Waals surface area contributed by atoms with Crippen LogP contribution in [0.15, 0.2) is 40.9 Å². The van der Waals surface area contributed by atoms with Gasteiger partial charge in [0.1, 0.15) is 5.82 Å². The molecule has 2 fully saturated rings. The highest BCUT2D eigenvalue weighted by Gasteiger charge is 2.42. The summed E-state index contributed by atoms with van der Waals surface area (Å²) in [4.78, 5) is 36.8. The Morgan fingerprint density at radius 1 is 1.00 bits per heavy atom. The van der Waals surface area contributed by atoms with Crippen LogP contribution in [0.2, 0.25) is 10.0 Å². The van der Waals surface area contributed by atoms with Crippen LogP contribution in [0.25, 0.3) is 0 Å². The molecule has 2 saturated heterocycles. The molecule has 0 radical (unpaired) electrons. The molecule has 43 heavy (non-hydrogen) atoms. The van der Waals surface area contributed by atoms with Crippen molar-refractivity contribution in [2.45, 2.75) is 50.9 Å². The molecule has 0 saturated carbocycles. The van der Waals surface area contributed by atoms with Crippen LogP contribution in [0.4, 0.5) is 35.5 Å². The number of urea groups is 1. The highest BCUT2D eigenvalue weighted by atomic mass is 35.5. The summed E-state index contributed by atoms with van der Waals surface area (Å²) in [5, 5.41) is 9.20. The van der Waals surface area contributed by atoms with Crippen molar-refractivity contribution in [1.29, 1.82) is 0 Å². The molecule has 4 heterocycles. The van der Waals surface area contributed by atoms with Crippen molar-refractivity contribution in [3.05, 3.63) is 63.6 Å². The molecule has 0 unspecified atom stereocenters. The number of carbonyl (C=O) groups excluding carboxylic acids is 2. The predicted octanol–water partition coefficient (Wildman–Crippen LogP) is 6.11. The van der Waals surface area contributed by atoms with Gasteiger partial charge < -0.3 is 30.2 Å². The third-order valence-corrected chi connectivity index (χ3v) is 7.92. The fraction of sp³-hybridized carbons (Fsp3) is 0.429. The average Bonchev–Trinajstić information content (AvgIpc) is 3.45. The Kier molecular flexibility index (Phi) is 9.50. The van der Waals surface area contributed by atoms with Crippen LogP contribution in [0.5, 0.6) is 0 Å².